The van der Waals surface area contributed by atoms with Crippen LogP contribution in [0.3, 0.4) is 0 Å². The number of para-hydroxylation sites is 1. The molecule has 0 atom stereocenters. The molecule has 3 rings (SSSR count). The molecule has 0 saturated carbocycles. The maximum atomic E-state index is 12.3. The van der Waals surface area contributed by atoms with E-state index in [2.05, 4.69) is 17.4 Å². The molecule has 0 aliphatic rings. The van der Waals surface area contributed by atoms with Gasteiger partial charge in [-0.1, -0.05) is 54.6 Å². The quantitative estimate of drug-likeness (QED) is 0.692. The van der Waals surface area contributed by atoms with Crippen molar-refractivity contribution < 1.29 is 9.53 Å². The molecule has 132 valence electrons. The van der Waals surface area contributed by atoms with Crippen LogP contribution in [0.25, 0.3) is 0 Å². The summed E-state index contributed by atoms with van der Waals surface area (Å²) in [6, 6.07) is 27.4. The van der Waals surface area contributed by atoms with Crippen molar-refractivity contribution in [3.8, 4) is 5.75 Å². The number of likely N-dealkylation sites (N-methyl/N-ethyl adjacent to an activating group) is 1. The number of carbonyl (C=O) groups excluding carboxylic acids is 1. The van der Waals surface area contributed by atoms with Crippen LogP contribution in [0.15, 0.2) is 84.9 Å². The summed E-state index contributed by atoms with van der Waals surface area (Å²) in [5.41, 5.74) is 3.01. The van der Waals surface area contributed by atoms with E-state index in [0.717, 1.165) is 17.9 Å². The van der Waals surface area contributed by atoms with Crippen LogP contribution in [0.2, 0.25) is 0 Å². The molecule has 0 aliphatic carbocycles. The molecule has 3 aromatic carbocycles. The van der Waals surface area contributed by atoms with Gasteiger partial charge in [0.1, 0.15) is 5.75 Å². The molecule has 26 heavy (non-hydrogen) atoms. The van der Waals surface area contributed by atoms with Crippen LogP contribution in [0.5, 0.6) is 5.75 Å². The van der Waals surface area contributed by atoms with Crippen molar-refractivity contribution in [1.29, 1.82) is 0 Å². The maximum absolute atomic E-state index is 12.3. The predicted molar refractivity (Wildman–Crippen MR) is 106 cm³/mol. The van der Waals surface area contributed by atoms with Gasteiger partial charge in [-0.2, -0.15) is 0 Å². The Labute approximate surface area is 154 Å². The highest BCUT2D eigenvalue weighted by Gasteiger charge is 2.11. The monoisotopic (exact) mass is 346 g/mol. The smallest absolute Gasteiger partial charge is 0.264 e. The molecule has 0 saturated heterocycles. The van der Waals surface area contributed by atoms with Gasteiger partial charge in [-0.25, -0.2) is 0 Å². The van der Waals surface area contributed by atoms with Crippen molar-refractivity contribution in [2.24, 2.45) is 0 Å². The van der Waals surface area contributed by atoms with Gasteiger partial charge in [0.15, 0.2) is 6.61 Å². The lowest BCUT2D eigenvalue weighted by Crippen LogP contribution is -2.31. The molecule has 0 heterocycles. The fourth-order valence-electron chi connectivity index (χ4n) is 2.53. The minimum absolute atomic E-state index is 0.00642. The highest BCUT2D eigenvalue weighted by molar-refractivity contribution is 5.93. The van der Waals surface area contributed by atoms with Crippen LogP contribution in [-0.2, 0) is 11.3 Å². The van der Waals surface area contributed by atoms with E-state index >= 15 is 0 Å². The highest BCUT2D eigenvalue weighted by atomic mass is 16.5. The molecule has 1 amide bonds. The average molecular weight is 346 g/mol. The maximum Gasteiger partial charge on any atom is 0.264 e. The van der Waals surface area contributed by atoms with Gasteiger partial charge in [-0.3, -0.25) is 4.79 Å². The van der Waals surface area contributed by atoms with Crippen LogP contribution >= 0.6 is 0 Å². The minimum atomic E-state index is -0.0983. The summed E-state index contributed by atoms with van der Waals surface area (Å²) in [5.74, 6) is 0.566. The van der Waals surface area contributed by atoms with Gasteiger partial charge < -0.3 is 15.0 Å². The van der Waals surface area contributed by atoms with Crippen molar-refractivity contribution in [2.75, 3.05) is 23.9 Å². The van der Waals surface area contributed by atoms with Gasteiger partial charge in [-0.05, 0) is 29.8 Å². The van der Waals surface area contributed by atoms with E-state index in [9.17, 15) is 4.79 Å². The van der Waals surface area contributed by atoms with E-state index in [4.69, 9.17) is 4.74 Å². The molecule has 1 N–H and O–H groups in total. The second kappa shape index (κ2) is 8.72. The number of nitrogens with one attached hydrogen (secondary N) is 1. The van der Waals surface area contributed by atoms with Gasteiger partial charge in [0.2, 0.25) is 0 Å². The summed E-state index contributed by atoms with van der Waals surface area (Å²) in [6.07, 6.45) is 0. The topological polar surface area (TPSA) is 41.6 Å². The first-order valence-electron chi connectivity index (χ1n) is 8.54. The zero-order chi connectivity index (χ0) is 18.2. The standard InChI is InChI=1S/C22H22N2O2/c1-24(20-12-6-3-7-13-20)22(25)17-26-21-14-8-11-19(15-21)23-16-18-9-4-2-5-10-18/h2-15,23H,16-17H2,1H3. The molecule has 0 radical (unpaired) electrons. The molecule has 4 nitrogen and oxygen atoms in total. The van der Waals surface area contributed by atoms with Crippen LogP contribution in [0, 0.1) is 0 Å². The van der Waals surface area contributed by atoms with E-state index in [0.29, 0.717) is 5.75 Å². The fraction of sp³-hybridized carbons (Fsp3) is 0.136. The lowest BCUT2D eigenvalue weighted by molar-refractivity contribution is -0.120. The van der Waals surface area contributed by atoms with Crippen molar-refractivity contribution in [3.05, 3.63) is 90.5 Å². The van der Waals surface area contributed by atoms with Gasteiger partial charge in [0.25, 0.3) is 5.91 Å². The Hall–Kier alpha value is -3.27. The molecule has 0 fully saturated rings. The molecular formula is C22H22N2O2. The van der Waals surface area contributed by atoms with Gasteiger partial charge in [0, 0.05) is 31.0 Å². The Bertz CT molecular complexity index is 835. The number of benzene rings is 3. The molecular weight excluding hydrogens is 324 g/mol. The van der Waals surface area contributed by atoms with Crippen LogP contribution in [0.1, 0.15) is 5.56 Å². The van der Waals surface area contributed by atoms with E-state index in [1.165, 1.54) is 5.56 Å². The zero-order valence-electron chi connectivity index (χ0n) is 14.8. The van der Waals surface area contributed by atoms with Crippen LogP contribution in [-0.4, -0.2) is 19.6 Å². The molecule has 3 aromatic rings. The first-order valence-corrected chi connectivity index (χ1v) is 8.54. The third-order valence-corrected chi connectivity index (χ3v) is 4.05. The zero-order valence-corrected chi connectivity index (χ0v) is 14.8. The number of nitrogens with zero attached hydrogens (tertiary/aromatic N) is 1. The second-order valence-corrected chi connectivity index (χ2v) is 5.94. The largest absolute Gasteiger partial charge is 0.484 e. The molecule has 0 unspecified atom stereocenters. The van der Waals surface area contributed by atoms with Crippen LogP contribution < -0.4 is 15.0 Å². The Kier molecular flexibility index (Phi) is 5.88. The molecule has 0 aliphatic heterocycles. The summed E-state index contributed by atoms with van der Waals surface area (Å²) < 4.78 is 5.67. The number of anilines is 2. The van der Waals surface area contributed by atoms with Crippen molar-refractivity contribution in [3.63, 3.8) is 0 Å². The fourth-order valence-corrected chi connectivity index (χ4v) is 2.53. The SMILES string of the molecule is CN(C(=O)COc1cccc(NCc2ccccc2)c1)c1ccccc1. The number of amides is 1. The Morgan fingerprint density at radius 2 is 1.62 bits per heavy atom. The second-order valence-electron chi connectivity index (χ2n) is 5.94. The van der Waals surface area contributed by atoms with Crippen molar-refractivity contribution >= 4 is 17.3 Å². The molecule has 0 aromatic heterocycles. The number of hydrogen-bond donors (Lipinski definition) is 1. The number of ether oxygens (including phenoxy) is 1. The minimum Gasteiger partial charge on any atom is -0.484 e. The Balaban J connectivity index is 1.54. The Morgan fingerprint density at radius 3 is 2.35 bits per heavy atom. The van der Waals surface area contributed by atoms with E-state index in [-0.39, 0.29) is 12.5 Å². The number of rotatable bonds is 7. The average Bonchev–Trinajstić information content (AvgIpc) is 2.71. The first kappa shape index (κ1) is 17.5. The molecule has 0 bridgehead atoms. The summed E-state index contributed by atoms with van der Waals surface area (Å²) in [7, 11) is 1.75. The van der Waals surface area contributed by atoms with E-state index in [1.54, 1.807) is 11.9 Å². The van der Waals surface area contributed by atoms with Crippen molar-refractivity contribution in [2.45, 2.75) is 6.54 Å². The first-order chi connectivity index (χ1) is 12.7. The highest BCUT2D eigenvalue weighted by Crippen LogP contribution is 2.19. The molecule has 4 heteroatoms. The number of hydrogen-bond acceptors (Lipinski definition) is 3. The van der Waals surface area contributed by atoms with Gasteiger partial charge in [0.05, 0.1) is 0 Å². The lowest BCUT2D eigenvalue weighted by atomic mass is 10.2. The third-order valence-electron chi connectivity index (χ3n) is 4.05. The lowest BCUT2D eigenvalue weighted by Gasteiger charge is -2.17. The predicted octanol–water partition coefficient (Wildman–Crippen LogP) is 4.34. The van der Waals surface area contributed by atoms with E-state index < -0.39 is 0 Å². The molecule has 0 spiro atoms. The summed E-state index contributed by atoms with van der Waals surface area (Å²) in [5, 5.41) is 3.36. The summed E-state index contributed by atoms with van der Waals surface area (Å²) >= 11 is 0. The van der Waals surface area contributed by atoms with E-state index in [1.807, 2.05) is 72.8 Å². The third kappa shape index (κ3) is 4.86. The van der Waals surface area contributed by atoms with Crippen molar-refractivity contribution in [1.82, 2.24) is 0 Å². The summed E-state index contributed by atoms with van der Waals surface area (Å²) in [4.78, 5) is 13.9. The van der Waals surface area contributed by atoms with Crippen LogP contribution in [0.4, 0.5) is 11.4 Å². The van der Waals surface area contributed by atoms with Gasteiger partial charge in [-0.15, -0.1) is 0 Å². The summed E-state index contributed by atoms with van der Waals surface area (Å²) in [6.45, 7) is 0.730. The Morgan fingerprint density at radius 1 is 0.923 bits per heavy atom. The normalized spacial score (nSPS) is 10.2. The van der Waals surface area contributed by atoms with Gasteiger partial charge >= 0.3 is 0 Å². The number of carbonyl (C=O) groups is 1.